The molecule has 2 aromatic rings. The van der Waals surface area contributed by atoms with Crippen LogP contribution in [0.4, 0.5) is 5.69 Å². The van der Waals surface area contributed by atoms with Gasteiger partial charge in [-0.05, 0) is 44.2 Å². The van der Waals surface area contributed by atoms with Gasteiger partial charge in [-0.1, -0.05) is 23.9 Å². The Kier molecular flexibility index (Phi) is 6.89. The largest absolute Gasteiger partial charge is 0.493 e. The lowest BCUT2D eigenvalue weighted by molar-refractivity contribution is -0.121. The quantitative estimate of drug-likeness (QED) is 0.647. The van der Waals surface area contributed by atoms with Gasteiger partial charge in [0.25, 0.3) is 5.91 Å². The van der Waals surface area contributed by atoms with E-state index in [0.717, 1.165) is 5.56 Å². The molecule has 0 aliphatic carbocycles. The Balaban J connectivity index is 1.65. The zero-order valence-corrected chi connectivity index (χ0v) is 17.7. The molecule has 2 aromatic carbocycles. The van der Waals surface area contributed by atoms with Crippen LogP contribution in [0.25, 0.3) is 0 Å². The highest BCUT2D eigenvalue weighted by atomic mass is 32.2. The van der Waals surface area contributed by atoms with Crippen LogP contribution in [0.1, 0.15) is 36.2 Å². The topological polar surface area (TPSA) is 94.1 Å². The lowest BCUT2D eigenvalue weighted by Crippen LogP contribution is -2.21. The smallest absolute Gasteiger partial charge is 0.260 e. The van der Waals surface area contributed by atoms with Crippen LogP contribution in [0.3, 0.4) is 0 Å². The fourth-order valence-electron chi connectivity index (χ4n) is 2.92. The molecule has 0 saturated carbocycles. The molecule has 0 bridgehead atoms. The van der Waals surface area contributed by atoms with Gasteiger partial charge in [0.15, 0.2) is 17.3 Å². The first-order valence-corrected chi connectivity index (χ1v) is 10.3. The molecule has 1 heterocycles. The predicted molar refractivity (Wildman–Crippen MR) is 117 cm³/mol. The van der Waals surface area contributed by atoms with Gasteiger partial charge in [0.05, 0.1) is 13.7 Å². The second-order valence-electron chi connectivity index (χ2n) is 6.55. The summed E-state index contributed by atoms with van der Waals surface area (Å²) >= 11 is 1.25. The molecule has 0 fully saturated rings. The summed E-state index contributed by atoms with van der Waals surface area (Å²) in [6.45, 7) is 3.86. The van der Waals surface area contributed by atoms with Crippen LogP contribution in [0.5, 0.6) is 11.5 Å². The van der Waals surface area contributed by atoms with Gasteiger partial charge in [-0.2, -0.15) is 0 Å². The summed E-state index contributed by atoms with van der Waals surface area (Å²) in [6.07, 6.45) is -0.0189. The second-order valence-corrected chi connectivity index (χ2v) is 7.74. The first-order valence-electron chi connectivity index (χ1n) is 9.42. The molecule has 1 atom stereocenters. The van der Waals surface area contributed by atoms with Crippen molar-refractivity contribution in [1.82, 2.24) is 0 Å². The highest BCUT2D eigenvalue weighted by Crippen LogP contribution is 2.34. The van der Waals surface area contributed by atoms with Crippen LogP contribution < -0.4 is 14.8 Å². The Morgan fingerprint density at radius 3 is 2.67 bits per heavy atom. The average Bonchev–Trinajstić information content (AvgIpc) is 3.08. The number of hydrogen-bond donors (Lipinski definition) is 1. The summed E-state index contributed by atoms with van der Waals surface area (Å²) in [5, 5.41) is 2.67. The van der Waals surface area contributed by atoms with Crippen molar-refractivity contribution in [3.63, 3.8) is 0 Å². The van der Waals surface area contributed by atoms with Crippen LogP contribution >= 0.6 is 11.8 Å². The number of Topliss-reactive ketones (excluding diaryl/α,β-unsaturated/α-hetero) is 1. The maximum absolute atomic E-state index is 12.4. The summed E-state index contributed by atoms with van der Waals surface area (Å²) in [4.78, 5) is 40.3. The molecule has 0 saturated heterocycles. The van der Waals surface area contributed by atoms with Crippen LogP contribution in [-0.4, -0.2) is 41.6 Å². The molecule has 0 spiro atoms. The summed E-state index contributed by atoms with van der Waals surface area (Å²) in [5.74, 6) is 0.410. The monoisotopic (exact) mass is 426 g/mol. The summed E-state index contributed by atoms with van der Waals surface area (Å²) < 4.78 is 10.9. The molecule has 30 heavy (non-hydrogen) atoms. The minimum atomic E-state index is -0.603. The normalized spacial score (nSPS) is 15.5. The van der Waals surface area contributed by atoms with Gasteiger partial charge in [0.1, 0.15) is 10.3 Å². The van der Waals surface area contributed by atoms with Gasteiger partial charge in [-0.25, -0.2) is 4.99 Å². The lowest BCUT2D eigenvalue weighted by Gasteiger charge is -2.11. The van der Waals surface area contributed by atoms with Crippen molar-refractivity contribution in [2.75, 3.05) is 19.0 Å². The Morgan fingerprint density at radius 1 is 1.17 bits per heavy atom. The zero-order valence-electron chi connectivity index (χ0n) is 16.9. The molecule has 7 nitrogen and oxygen atoms in total. The predicted octanol–water partition coefficient (Wildman–Crippen LogP) is 3.71. The second kappa shape index (κ2) is 9.58. The fraction of sp³-hybridized carbons (Fsp3) is 0.273. The van der Waals surface area contributed by atoms with E-state index in [4.69, 9.17) is 9.47 Å². The fourth-order valence-corrected chi connectivity index (χ4v) is 3.98. The third-order valence-corrected chi connectivity index (χ3v) is 5.58. The lowest BCUT2D eigenvalue weighted by atomic mass is 10.1. The highest BCUT2D eigenvalue weighted by molar-refractivity contribution is 8.16. The number of amides is 2. The summed E-state index contributed by atoms with van der Waals surface area (Å²) in [5.41, 5.74) is 1.75. The van der Waals surface area contributed by atoms with Crippen molar-refractivity contribution in [1.29, 1.82) is 0 Å². The third-order valence-electron chi connectivity index (χ3n) is 4.38. The maximum atomic E-state index is 12.4. The van der Waals surface area contributed by atoms with Crippen molar-refractivity contribution >= 4 is 40.1 Å². The number of thioether (sulfide) groups is 1. The molecule has 2 amide bonds. The van der Waals surface area contributed by atoms with E-state index in [0.29, 0.717) is 34.4 Å². The van der Waals surface area contributed by atoms with Crippen molar-refractivity contribution in [2.24, 2.45) is 4.99 Å². The van der Waals surface area contributed by atoms with Gasteiger partial charge >= 0.3 is 0 Å². The molecular formula is C22H22N2O5S. The molecule has 0 unspecified atom stereocenters. The number of rotatable bonds is 8. The Morgan fingerprint density at radius 2 is 1.97 bits per heavy atom. The van der Waals surface area contributed by atoms with Crippen LogP contribution in [0.15, 0.2) is 47.5 Å². The number of carbonyl (C=O) groups is 3. The van der Waals surface area contributed by atoms with E-state index in [2.05, 4.69) is 10.3 Å². The van der Waals surface area contributed by atoms with Crippen molar-refractivity contribution < 1.29 is 23.9 Å². The number of hydrogen-bond acceptors (Lipinski definition) is 6. The first-order chi connectivity index (χ1) is 14.4. The maximum Gasteiger partial charge on any atom is 0.260 e. The van der Waals surface area contributed by atoms with Gasteiger partial charge < -0.3 is 14.8 Å². The molecule has 3 rings (SSSR count). The minimum Gasteiger partial charge on any atom is -0.493 e. The SMILES string of the molecule is CCOc1ccc(C2=NC(=O)[C@H](CC(=O)Nc3cccc(C(C)=O)c3)S2)cc1OC. The minimum absolute atomic E-state index is 0.0189. The van der Waals surface area contributed by atoms with E-state index in [9.17, 15) is 14.4 Å². The number of methoxy groups -OCH3 is 1. The van der Waals surface area contributed by atoms with E-state index in [1.807, 2.05) is 13.0 Å². The average molecular weight is 426 g/mol. The van der Waals surface area contributed by atoms with Crippen molar-refractivity contribution in [2.45, 2.75) is 25.5 Å². The number of carbonyl (C=O) groups excluding carboxylic acids is 3. The molecule has 1 aliphatic heterocycles. The molecule has 156 valence electrons. The summed E-state index contributed by atoms with van der Waals surface area (Å²) in [6, 6.07) is 12.0. The van der Waals surface area contributed by atoms with Crippen LogP contribution in [0.2, 0.25) is 0 Å². The zero-order chi connectivity index (χ0) is 21.7. The van der Waals surface area contributed by atoms with Gasteiger partial charge in [0, 0.05) is 23.2 Å². The Hall–Kier alpha value is -3.13. The number of aliphatic imine (C=N–C) groups is 1. The first kappa shape index (κ1) is 21.6. The molecule has 1 N–H and O–H groups in total. The number of nitrogens with one attached hydrogen (secondary N) is 1. The number of benzene rings is 2. The molecule has 1 aliphatic rings. The van der Waals surface area contributed by atoms with Crippen molar-refractivity contribution in [3.8, 4) is 11.5 Å². The van der Waals surface area contributed by atoms with Gasteiger partial charge in [-0.3, -0.25) is 14.4 Å². The number of anilines is 1. The van der Waals surface area contributed by atoms with Gasteiger partial charge in [-0.15, -0.1) is 0 Å². The van der Waals surface area contributed by atoms with E-state index >= 15 is 0 Å². The van der Waals surface area contributed by atoms with Crippen LogP contribution in [0, 0.1) is 0 Å². The standard InChI is InChI=1S/C22H22N2O5S/c1-4-29-17-9-8-15(11-18(17)28-3)22-24-21(27)19(30-22)12-20(26)23-16-7-5-6-14(10-16)13(2)25/h5-11,19H,4,12H2,1-3H3,(H,23,26)/t19-/m0/s1. The number of ether oxygens (including phenoxy) is 2. The molecule has 8 heteroatoms. The van der Waals surface area contributed by atoms with E-state index < -0.39 is 5.25 Å². The Bertz CT molecular complexity index is 1020. The molecule has 0 radical (unpaired) electrons. The third kappa shape index (κ3) is 5.07. The van der Waals surface area contributed by atoms with Gasteiger partial charge in [0.2, 0.25) is 5.91 Å². The summed E-state index contributed by atoms with van der Waals surface area (Å²) in [7, 11) is 1.55. The van der Waals surface area contributed by atoms with E-state index in [-0.39, 0.29) is 24.0 Å². The van der Waals surface area contributed by atoms with E-state index in [1.54, 1.807) is 43.5 Å². The van der Waals surface area contributed by atoms with Crippen molar-refractivity contribution in [3.05, 3.63) is 53.6 Å². The number of nitrogens with zero attached hydrogens (tertiary/aromatic N) is 1. The Labute approximate surface area is 178 Å². The molecule has 0 aromatic heterocycles. The molecular weight excluding hydrogens is 404 g/mol. The van der Waals surface area contributed by atoms with Crippen LogP contribution in [-0.2, 0) is 9.59 Å². The number of ketones is 1. The highest BCUT2D eigenvalue weighted by Gasteiger charge is 2.31. The van der Waals surface area contributed by atoms with E-state index in [1.165, 1.54) is 18.7 Å².